The molecule has 0 N–H and O–H groups in total. The van der Waals surface area contributed by atoms with Crippen LogP contribution in [0.2, 0.25) is 0 Å². The lowest BCUT2D eigenvalue weighted by Crippen LogP contribution is -2.58. The molecule has 0 aromatic rings. The number of rotatable bonds is 5. The number of alkyl halides is 3. The van der Waals surface area contributed by atoms with Crippen molar-refractivity contribution in [3.05, 3.63) is 12.2 Å². The molecule has 0 heterocycles. The second-order valence-corrected chi connectivity index (χ2v) is 7.82. The second-order valence-electron chi connectivity index (χ2n) is 7.82. The average Bonchev–Trinajstić information content (AvgIpc) is 2.50. The van der Waals surface area contributed by atoms with Gasteiger partial charge in [0.2, 0.25) is 0 Å². The molecule has 4 nitrogen and oxygen atoms in total. The Morgan fingerprint density at radius 3 is 2.08 bits per heavy atom. The van der Waals surface area contributed by atoms with Crippen molar-refractivity contribution in [2.45, 2.75) is 57.2 Å². The van der Waals surface area contributed by atoms with Gasteiger partial charge in [0.05, 0.1) is 6.42 Å². The first-order chi connectivity index (χ1) is 11.6. The molecular formula is C18H23F3O4. The van der Waals surface area contributed by atoms with Crippen molar-refractivity contribution in [3.8, 4) is 0 Å². The smallest absolute Gasteiger partial charge is 0.422 e. The summed E-state index contributed by atoms with van der Waals surface area (Å²) in [5.74, 6) is 0.120. The topological polar surface area (TPSA) is 52.6 Å². The molecule has 4 rings (SSSR count). The molecule has 0 saturated heterocycles. The minimum atomic E-state index is -4.83. The van der Waals surface area contributed by atoms with Crippen LogP contribution >= 0.6 is 0 Å². The Labute approximate surface area is 144 Å². The zero-order chi connectivity index (χ0) is 18.4. The molecule has 0 aromatic carbocycles. The molecule has 0 aromatic heterocycles. The first kappa shape index (κ1) is 18.3. The van der Waals surface area contributed by atoms with Crippen LogP contribution in [0.25, 0.3) is 0 Å². The molecule has 4 aliphatic carbocycles. The summed E-state index contributed by atoms with van der Waals surface area (Å²) in [6.45, 7) is 4.20. The molecular weight excluding hydrogens is 337 g/mol. The third-order valence-corrected chi connectivity index (χ3v) is 6.22. The van der Waals surface area contributed by atoms with Crippen molar-refractivity contribution >= 4 is 11.9 Å². The normalized spacial score (nSPS) is 36.2. The zero-order valence-electron chi connectivity index (χ0n) is 14.2. The number of esters is 2. The summed E-state index contributed by atoms with van der Waals surface area (Å²) in [6.07, 6.45) is 0.531. The largest absolute Gasteiger partial charge is 0.461 e. The molecule has 0 amide bonds. The molecule has 0 atom stereocenters. The van der Waals surface area contributed by atoms with Crippen LogP contribution in [0.1, 0.15) is 45.4 Å². The summed E-state index contributed by atoms with van der Waals surface area (Å²) in [6, 6.07) is 0. The van der Waals surface area contributed by atoms with E-state index in [9.17, 15) is 22.8 Å². The molecule has 4 bridgehead atoms. The lowest BCUT2D eigenvalue weighted by Gasteiger charge is -2.59. The van der Waals surface area contributed by atoms with Crippen molar-refractivity contribution in [2.75, 3.05) is 6.61 Å². The summed E-state index contributed by atoms with van der Waals surface area (Å²) in [5.41, 5.74) is -2.07. The molecule has 4 aliphatic rings. The summed E-state index contributed by atoms with van der Waals surface area (Å²) in [4.78, 5) is 23.4. The van der Waals surface area contributed by atoms with Gasteiger partial charge in [-0.15, -0.1) is 0 Å². The van der Waals surface area contributed by atoms with Gasteiger partial charge in [0, 0.05) is 0 Å². The van der Waals surface area contributed by atoms with Crippen LogP contribution in [0, 0.1) is 23.7 Å². The highest BCUT2D eigenvalue weighted by molar-refractivity contribution is 5.89. The van der Waals surface area contributed by atoms with Crippen LogP contribution in [-0.2, 0) is 19.1 Å². The molecule has 7 heteroatoms. The van der Waals surface area contributed by atoms with Crippen LogP contribution in [0.15, 0.2) is 12.2 Å². The third-order valence-electron chi connectivity index (χ3n) is 6.22. The maximum atomic E-state index is 12.3. The first-order valence-corrected chi connectivity index (χ1v) is 8.74. The van der Waals surface area contributed by atoms with Crippen molar-refractivity contribution in [1.82, 2.24) is 0 Å². The van der Waals surface area contributed by atoms with Gasteiger partial charge in [-0.1, -0.05) is 6.58 Å². The molecule has 0 spiro atoms. The maximum absolute atomic E-state index is 12.3. The second kappa shape index (κ2) is 6.32. The summed E-state index contributed by atoms with van der Waals surface area (Å²) in [5, 5.41) is 0. The molecule has 140 valence electrons. The van der Waals surface area contributed by atoms with Gasteiger partial charge in [-0.3, -0.25) is 4.79 Å². The summed E-state index contributed by atoms with van der Waals surface area (Å²) >= 11 is 0. The SMILES string of the molecule is C=C(C(=O)OCCC(=O)OC1(C)C2CC3CC(C2)CC1C3)C(F)(F)F. The maximum Gasteiger partial charge on any atom is 0.422 e. The van der Waals surface area contributed by atoms with E-state index in [4.69, 9.17) is 4.74 Å². The Hall–Kier alpha value is -1.53. The van der Waals surface area contributed by atoms with Crippen LogP contribution < -0.4 is 0 Å². The van der Waals surface area contributed by atoms with Crippen LogP contribution in [0.5, 0.6) is 0 Å². The Bertz CT molecular complexity index is 553. The van der Waals surface area contributed by atoms with Gasteiger partial charge in [-0.2, -0.15) is 13.2 Å². The highest BCUT2D eigenvalue weighted by atomic mass is 19.4. The zero-order valence-corrected chi connectivity index (χ0v) is 14.2. The van der Waals surface area contributed by atoms with Gasteiger partial charge in [0.1, 0.15) is 17.8 Å². The number of hydrogen-bond donors (Lipinski definition) is 0. The minimum absolute atomic E-state index is 0.251. The fourth-order valence-electron chi connectivity index (χ4n) is 5.01. The highest BCUT2D eigenvalue weighted by Gasteiger charge is 2.57. The number of ether oxygens (including phenoxy) is 2. The average molecular weight is 360 g/mol. The monoisotopic (exact) mass is 360 g/mol. The van der Waals surface area contributed by atoms with E-state index >= 15 is 0 Å². The standard InChI is InChI=1S/C18H23F3O4/c1-10(18(19,20)21)16(23)24-4-3-15(22)25-17(2)13-6-11-5-12(8-13)9-14(17)7-11/h11-14H,1,3-9H2,2H3. The van der Waals surface area contributed by atoms with E-state index in [-0.39, 0.29) is 6.42 Å². The fraction of sp³-hybridized carbons (Fsp3) is 0.778. The van der Waals surface area contributed by atoms with Gasteiger partial charge in [0.25, 0.3) is 0 Å². The van der Waals surface area contributed by atoms with E-state index in [0.29, 0.717) is 11.8 Å². The number of halogens is 3. The molecule has 0 unspecified atom stereocenters. The Morgan fingerprint density at radius 2 is 1.60 bits per heavy atom. The molecule has 4 fully saturated rings. The van der Waals surface area contributed by atoms with E-state index in [1.54, 1.807) is 0 Å². The molecule has 25 heavy (non-hydrogen) atoms. The van der Waals surface area contributed by atoms with E-state index in [0.717, 1.165) is 37.5 Å². The van der Waals surface area contributed by atoms with E-state index in [1.165, 1.54) is 6.42 Å². The quantitative estimate of drug-likeness (QED) is 0.553. The van der Waals surface area contributed by atoms with Crippen LogP contribution in [-0.4, -0.2) is 30.3 Å². The van der Waals surface area contributed by atoms with E-state index in [1.807, 2.05) is 6.92 Å². The number of hydrogen-bond acceptors (Lipinski definition) is 4. The first-order valence-electron chi connectivity index (χ1n) is 8.74. The molecule has 4 saturated carbocycles. The van der Waals surface area contributed by atoms with Crippen molar-refractivity contribution in [2.24, 2.45) is 23.7 Å². The van der Waals surface area contributed by atoms with Gasteiger partial charge in [0.15, 0.2) is 0 Å². The van der Waals surface area contributed by atoms with Gasteiger partial charge < -0.3 is 9.47 Å². The lowest BCUT2D eigenvalue weighted by atomic mass is 9.50. The van der Waals surface area contributed by atoms with E-state index in [2.05, 4.69) is 11.3 Å². The minimum Gasteiger partial charge on any atom is -0.461 e. The highest BCUT2D eigenvalue weighted by Crippen LogP contribution is 2.59. The van der Waals surface area contributed by atoms with Crippen molar-refractivity contribution in [3.63, 3.8) is 0 Å². The van der Waals surface area contributed by atoms with Crippen LogP contribution in [0.3, 0.4) is 0 Å². The fourth-order valence-corrected chi connectivity index (χ4v) is 5.01. The lowest BCUT2D eigenvalue weighted by molar-refractivity contribution is -0.204. The van der Waals surface area contributed by atoms with Crippen molar-refractivity contribution < 1.29 is 32.2 Å². The summed E-state index contributed by atoms with van der Waals surface area (Å²) < 4.78 is 47.2. The van der Waals surface area contributed by atoms with Gasteiger partial charge in [-0.25, -0.2) is 4.79 Å². The number of carbonyl (C=O) groups excluding carboxylic acids is 2. The molecule has 0 radical (unpaired) electrons. The molecule has 0 aliphatic heterocycles. The Morgan fingerprint density at radius 1 is 1.08 bits per heavy atom. The number of carbonyl (C=O) groups is 2. The Balaban J connectivity index is 1.48. The van der Waals surface area contributed by atoms with Crippen LogP contribution in [0.4, 0.5) is 13.2 Å². The predicted molar refractivity (Wildman–Crippen MR) is 82.3 cm³/mol. The third kappa shape index (κ3) is 3.55. The van der Waals surface area contributed by atoms with Gasteiger partial charge in [-0.05, 0) is 62.7 Å². The summed E-state index contributed by atoms with van der Waals surface area (Å²) in [7, 11) is 0. The van der Waals surface area contributed by atoms with Crippen molar-refractivity contribution in [1.29, 1.82) is 0 Å². The predicted octanol–water partition coefficient (Wildman–Crippen LogP) is 3.80. The Kier molecular flexibility index (Phi) is 4.62. The van der Waals surface area contributed by atoms with E-state index < -0.39 is 35.9 Å². The van der Waals surface area contributed by atoms with Gasteiger partial charge >= 0.3 is 18.1 Å².